The Balaban J connectivity index is 1.80. The minimum atomic E-state index is -0.149. The highest BCUT2D eigenvalue weighted by atomic mass is 32.1. The highest BCUT2D eigenvalue weighted by molar-refractivity contribution is 7.11. The Bertz CT molecular complexity index is 1060. The van der Waals surface area contributed by atoms with Crippen LogP contribution < -0.4 is 14.9 Å². The molecule has 8 heteroatoms. The molecule has 6 nitrogen and oxygen atoms in total. The molecule has 0 aliphatic carbocycles. The summed E-state index contributed by atoms with van der Waals surface area (Å²) in [7, 11) is 0. The smallest absolute Gasteiger partial charge is 0.262 e. The lowest BCUT2D eigenvalue weighted by Crippen LogP contribution is -2.25. The second kappa shape index (κ2) is 7.50. The third kappa shape index (κ3) is 3.86. The fourth-order valence-electron chi connectivity index (χ4n) is 2.64. The summed E-state index contributed by atoms with van der Waals surface area (Å²) in [5, 5.41) is 11.6. The first-order chi connectivity index (χ1) is 13.1. The van der Waals surface area contributed by atoms with Gasteiger partial charge in [-0.3, -0.25) is 9.79 Å². The van der Waals surface area contributed by atoms with Crippen LogP contribution in [-0.4, -0.2) is 29.4 Å². The minimum Gasteiger partial charge on any atom is -0.482 e. The van der Waals surface area contributed by atoms with E-state index in [0.29, 0.717) is 11.4 Å². The van der Waals surface area contributed by atoms with E-state index in [4.69, 9.17) is 4.74 Å². The predicted molar refractivity (Wildman–Crippen MR) is 110 cm³/mol. The number of thiazole rings is 1. The molecule has 3 heterocycles. The van der Waals surface area contributed by atoms with Crippen LogP contribution in [0.3, 0.4) is 0 Å². The highest BCUT2D eigenvalue weighted by Crippen LogP contribution is 2.32. The monoisotopic (exact) mass is 398 g/mol. The van der Waals surface area contributed by atoms with E-state index in [2.05, 4.69) is 15.4 Å². The zero-order valence-electron chi connectivity index (χ0n) is 14.9. The maximum absolute atomic E-state index is 11.6. The zero-order valence-corrected chi connectivity index (χ0v) is 16.5. The van der Waals surface area contributed by atoms with Crippen molar-refractivity contribution >= 4 is 40.5 Å². The number of hydrogen-bond acceptors (Lipinski definition) is 6. The molecule has 1 N–H and O–H groups in total. The first-order valence-corrected chi connectivity index (χ1v) is 10.3. The molecule has 0 saturated carbocycles. The van der Waals surface area contributed by atoms with Crippen LogP contribution in [0.2, 0.25) is 0 Å². The van der Waals surface area contributed by atoms with E-state index in [9.17, 15) is 4.79 Å². The van der Waals surface area contributed by atoms with Crippen molar-refractivity contribution in [1.29, 1.82) is 0 Å². The second-order valence-corrected chi connectivity index (χ2v) is 8.06. The van der Waals surface area contributed by atoms with Crippen molar-refractivity contribution in [3.05, 3.63) is 50.8 Å². The summed E-state index contributed by atoms with van der Waals surface area (Å²) in [6.45, 7) is 4.13. The van der Waals surface area contributed by atoms with Crippen LogP contribution in [0, 0.1) is 0 Å². The van der Waals surface area contributed by atoms with Gasteiger partial charge in [0.25, 0.3) is 5.91 Å². The summed E-state index contributed by atoms with van der Waals surface area (Å²) in [6, 6.07) is 9.92. The fourth-order valence-corrected chi connectivity index (χ4v) is 4.19. The highest BCUT2D eigenvalue weighted by Gasteiger charge is 2.17. The SMILES string of the molecule is CC(C)N=c1scc(-c2ccc3c(c2)NC(=O)CO3)n1N=Cc1cccs1. The number of benzene rings is 1. The molecule has 0 fully saturated rings. The molecule has 3 aromatic rings. The van der Waals surface area contributed by atoms with E-state index in [1.807, 2.05) is 65.8 Å². The van der Waals surface area contributed by atoms with Crippen molar-refractivity contribution in [2.75, 3.05) is 11.9 Å². The van der Waals surface area contributed by atoms with Gasteiger partial charge in [-0.05, 0) is 43.5 Å². The van der Waals surface area contributed by atoms with Crippen LogP contribution in [-0.2, 0) is 4.79 Å². The maximum Gasteiger partial charge on any atom is 0.262 e. The molecule has 1 aromatic carbocycles. The molecule has 1 amide bonds. The number of ether oxygens (including phenoxy) is 1. The Morgan fingerprint density at radius 3 is 2.96 bits per heavy atom. The molecule has 27 heavy (non-hydrogen) atoms. The molecule has 0 unspecified atom stereocenters. The third-order valence-electron chi connectivity index (χ3n) is 3.81. The number of aromatic nitrogens is 1. The molecule has 0 spiro atoms. The summed E-state index contributed by atoms with van der Waals surface area (Å²) in [4.78, 5) is 18.2. The number of nitrogens with one attached hydrogen (secondary N) is 1. The van der Waals surface area contributed by atoms with Gasteiger partial charge < -0.3 is 10.1 Å². The quantitative estimate of drug-likeness (QED) is 0.679. The molecule has 0 atom stereocenters. The van der Waals surface area contributed by atoms with Crippen LogP contribution in [0.5, 0.6) is 5.75 Å². The van der Waals surface area contributed by atoms with Gasteiger partial charge in [0.2, 0.25) is 4.80 Å². The van der Waals surface area contributed by atoms with Gasteiger partial charge in [-0.25, -0.2) is 4.68 Å². The number of nitrogens with zero attached hydrogens (tertiary/aromatic N) is 3. The summed E-state index contributed by atoms with van der Waals surface area (Å²) in [5.41, 5.74) is 2.52. The van der Waals surface area contributed by atoms with Gasteiger partial charge in [0.05, 0.1) is 17.6 Å². The molecule has 2 aromatic heterocycles. The Labute approximate surface area is 164 Å². The van der Waals surface area contributed by atoms with E-state index in [0.717, 1.165) is 20.9 Å². The lowest BCUT2D eigenvalue weighted by Gasteiger charge is -2.18. The zero-order chi connectivity index (χ0) is 18.8. The normalized spacial score (nSPS) is 14.5. The van der Waals surface area contributed by atoms with Crippen molar-refractivity contribution in [3.8, 4) is 17.0 Å². The molecule has 0 bridgehead atoms. The van der Waals surface area contributed by atoms with Crippen LogP contribution in [0.4, 0.5) is 5.69 Å². The summed E-state index contributed by atoms with van der Waals surface area (Å²) < 4.78 is 7.29. The van der Waals surface area contributed by atoms with Crippen LogP contribution in [0.1, 0.15) is 18.7 Å². The van der Waals surface area contributed by atoms with E-state index >= 15 is 0 Å². The number of hydrogen-bond donors (Lipinski definition) is 1. The predicted octanol–water partition coefficient (Wildman–Crippen LogP) is 3.80. The van der Waals surface area contributed by atoms with Crippen molar-refractivity contribution < 1.29 is 9.53 Å². The first kappa shape index (κ1) is 17.7. The Morgan fingerprint density at radius 2 is 2.19 bits per heavy atom. The van der Waals surface area contributed by atoms with E-state index < -0.39 is 0 Å². The van der Waals surface area contributed by atoms with Crippen LogP contribution in [0.15, 0.2) is 51.2 Å². The van der Waals surface area contributed by atoms with Crippen LogP contribution in [0.25, 0.3) is 11.3 Å². The van der Waals surface area contributed by atoms with E-state index in [-0.39, 0.29) is 18.6 Å². The van der Waals surface area contributed by atoms with Crippen molar-refractivity contribution in [1.82, 2.24) is 4.68 Å². The van der Waals surface area contributed by atoms with Gasteiger partial charge in [-0.2, -0.15) is 5.10 Å². The molecule has 4 rings (SSSR count). The van der Waals surface area contributed by atoms with Crippen molar-refractivity contribution in [3.63, 3.8) is 0 Å². The number of anilines is 1. The molecule has 0 radical (unpaired) electrons. The van der Waals surface area contributed by atoms with Crippen LogP contribution >= 0.6 is 22.7 Å². The first-order valence-electron chi connectivity index (χ1n) is 8.49. The average molecular weight is 399 g/mol. The summed E-state index contributed by atoms with van der Waals surface area (Å²) in [6.07, 6.45) is 1.84. The van der Waals surface area contributed by atoms with Crippen molar-refractivity contribution in [2.45, 2.75) is 19.9 Å². The number of carbonyl (C=O) groups excluding carboxylic acids is 1. The van der Waals surface area contributed by atoms with Crippen molar-refractivity contribution in [2.24, 2.45) is 10.1 Å². The maximum atomic E-state index is 11.6. The standard InChI is InChI=1S/C19H18N4O2S2/c1-12(2)21-19-23(20-9-14-4-3-7-26-14)16(11-27-19)13-5-6-17-15(8-13)22-18(24)10-25-17/h3-9,11-12H,10H2,1-2H3,(H,22,24). The average Bonchev–Trinajstić information content (AvgIpc) is 3.28. The molecular weight excluding hydrogens is 380 g/mol. The second-order valence-electron chi connectivity index (χ2n) is 6.25. The number of rotatable bonds is 4. The van der Waals surface area contributed by atoms with Gasteiger partial charge in [0.15, 0.2) is 6.61 Å². The van der Waals surface area contributed by atoms with E-state index in [1.54, 1.807) is 22.7 Å². The number of carbonyl (C=O) groups is 1. The number of thiophene rings is 1. The Hall–Kier alpha value is -2.71. The minimum absolute atomic E-state index is 0.0489. The largest absolute Gasteiger partial charge is 0.482 e. The fraction of sp³-hybridized carbons (Fsp3) is 0.211. The molecular formula is C19H18N4O2S2. The summed E-state index contributed by atoms with van der Waals surface area (Å²) in [5.74, 6) is 0.526. The van der Waals surface area contributed by atoms with E-state index in [1.165, 1.54) is 0 Å². The Kier molecular flexibility index (Phi) is 4.91. The number of amides is 1. The molecule has 1 aliphatic heterocycles. The summed E-state index contributed by atoms with van der Waals surface area (Å²) >= 11 is 3.17. The molecule has 0 saturated heterocycles. The molecule has 1 aliphatic rings. The van der Waals surface area contributed by atoms with Gasteiger partial charge in [-0.1, -0.05) is 6.07 Å². The van der Waals surface area contributed by atoms with Gasteiger partial charge in [0.1, 0.15) is 5.75 Å². The third-order valence-corrected chi connectivity index (χ3v) is 5.44. The topological polar surface area (TPSA) is 68.0 Å². The molecule has 138 valence electrons. The van der Waals surface area contributed by atoms with Gasteiger partial charge >= 0.3 is 0 Å². The Morgan fingerprint density at radius 1 is 1.30 bits per heavy atom. The lowest BCUT2D eigenvalue weighted by atomic mass is 10.1. The van der Waals surface area contributed by atoms with Gasteiger partial charge in [0, 0.05) is 21.9 Å². The number of fused-ring (bicyclic) bond motifs is 1. The van der Waals surface area contributed by atoms with Gasteiger partial charge in [-0.15, -0.1) is 22.7 Å². The lowest BCUT2D eigenvalue weighted by molar-refractivity contribution is -0.118.